The Balaban J connectivity index is 1.70. The fraction of sp³-hybridized carbons (Fsp3) is 0.304. The van der Waals surface area contributed by atoms with Gasteiger partial charge in [-0.25, -0.2) is 0 Å². The number of rotatable bonds is 13. The monoisotopic (exact) mass is 824 g/mol. The molecular formula is C46H54N3O7S2+. The normalized spacial score (nSPS) is 12.9. The van der Waals surface area contributed by atoms with Crippen LogP contribution in [-0.2, 0) is 25.0 Å². The molecule has 0 unspecified atom stereocenters. The summed E-state index contributed by atoms with van der Waals surface area (Å²) in [6, 6.07) is 18.0. The maximum Gasteiger partial charge on any atom is 0.295 e. The maximum absolute atomic E-state index is 12.8. The highest BCUT2D eigenvalue weighted by molar-refractivity contribution is 7.86. The first-order valence-corrected chi connectivity index (χ1v) is 22.4. The average Bonchev–Trinajstić information content (AvgIpc) is 3.14. The molecule has 0 heterocycles. The molecule has 1 aliphatic rings. The number of benzene rings is 4. The van der Waals surface area contributed by atoms with Crippen LogP contribution in [0.1, 0.15) is 76.8 Å². The Kier molecular flexibility index (Phi) is 13.5. The van der Waals surface area contributed by atoms with Crippen molar-refractivity contribution in [3.8, 4) is 0 Å². The number of carbonyl (C=O) groups is 1. The third-order valence-electron chi connectivity index (χ3n) is 10.7. The highest BCUT2D eigenvalue weighted by Crippen LogP contribution is 2.40. The number of allylic oxidation sites excluding steroid dienone is 5. The molecule has 0 saturated heterocycles. The molecule has 0 bridgehead atoms. The summed E-state index contributed by atoms with van der Waals surface area (Å²) in [5.41, 5.74) is 14.1. The predicted octanol–water partition coefficient (Wildman–Crippen LogP) is 9.59. The van der Waals surface area contributed by atoms with E-state index in [9.17, 15) is 30.7 Å². The SMILES string of the molecule is CCC[N+](=C1C=CC(=C(c2ccc(N(CCCS(=O)(=O)O)c3c(C)cc(C)c(NC(C)=O)c3C)cc2)c2ccccc2S(=O)(=O)O)C=C1)c1c(C)cc(C)c(C)c1C. The molecule has 58 heavy (non-hydrogen) atoms. The van der Waals surface area contributed by atoms with Gasteiger partial charge in [0.2, 0.25) is 17.3 Å². The fourth-order valence-electron chi connectivity index (χ4n) is 8.01. The van der Waals surface area contributed by atoms with Gasteiger partial charge in [0.05, 0.1) is 5.75 Å². The van der Waals surface area contributed by atoms with Gasteiger partial charge in [-0.15, -0.1) is 0 Å². The van der Waals surface area contributed by atoms with Crippen LogP contribution in [0.25, 0.3) is 5.57 Å². The summed E-state index contributed by atoms with van der Waals surface area (Å²) in [6.07, 6.45) is 9.05. The lowest BCUT2D eigenvalue weighted by Gasteiger charge is -2.30. The van der Waals surface area contributed by atoms with Crippen LogP contribution in [0.3, 0.4) is 0 Å². The Hall–Kier alpha value is -5.14. The largest absolute Gasteiger partial charge is 0.341 e. The molecule has 5 rings (SSSR count). The van der Waals surface area contributed by atoms with Crippen molar-refractivity contribution in [3.05, 3.63) is 141 Å². The minimum Gasteiger partial charge on any atom is -0.341 e. The van der Waals surface area contributed by atoms with E-state index in [1.807, 2.05) is 80.3 Å². The van der Waals surface area contributed by atoms with Crippen molar-refractivity contribution >= 4 is 60.2 Å². The molecule has 0 saturated carbocycles. The molecule has 1 amide bonds. The first kappa shape index (κ1) is 44.0. The van der Waals surface area contributed by atoms with Crippen LogP contribution in [-0.4, -0.2) is 61.0 Å². The second-order valence-electron chi connectivity index (χ2n) is 15.0. The van der Waals surface area contributed by atoms with E-state index in [-0.39, 0.29) is 23.8 Å². The lowest BCUT2D eigenvalue weighted by atomic mass is 9.90. The molecule has 0 aromatic heterocycles. The van der Waals surface area contributed by atoms with Gasteiger partial charge in [-0.1, -0.05) is 43.3 Å². The highest BCUT2D eigenvalue weighted by atomic mass is 32.2. The van der Waals surface area contributed by atoms with Gasteiger partial charge in [-0.2, -0.15) is 21.4 Å². The van der Waals surface area contributed by atoms with Gasteiger partial charge in [-0.3, -0.25) is 13.9 Å². The number of carbonyl (C=O) groups excluding carboxylic acids is 1. The standard InChI is InChI=1S/C46H53N3O7S2/c1-10-24-48(45-31(4)27-29(2)33(6)34(45)7)39-20-16-37(17-21-39)43(41-14-11-12-15-42(41)58(54,55)56)38-18-22-40(23-19-38)49(25-13-26-57(51,52)53)46-32(5)28-30(3)44(35(46)8)47-36(9)50/h11-12,14-23,27-28H,10,13,24-26H2,1-9H3,(H2-,47,50,51,52,53,54,55,56)/p+1. The zero-order valence-electron chi connectivity index (χ0n) is 34.8. The number of anilines is 3. The molecule has 0 atom stereocenters. The summed E-state index contributed by atoms with van der Waals surface area (Å²) in [7, 11) is -8.85. The van der Waals surface area contributed by atoms with Crippen molar-refractivity contribution in [1.29, 1.82) is 0 Å². The minimum absolute atomic E-state index is 0.116. The molecule has 4 aromatic rings. The van der Waals surface area contributed by atoms with Crippen LogP contribution in [0.5, 0.6) is 0 Å². The number of hydrogen-bond acceptors (Lipinski definition) is 6. The van der Waals surface area contributed by atoms with Gasteiger partial charge in [0, 0.05) is 65.8 Å². The molecule has 4 aromatic carbocycles. The van der Waals surface area contributed by atoms with Gasteiger partial charge >= 0.3 is 0 Å². The number of hydrogen-bond donors (Lipinski definition) is 3. The van der Waals surface area contributed by atoms with Crippen LogP contribution >= 0.6 is 0 Å². The molecule has 0 radical (unpaired) electrons. The molecule has 306 valence electrons. The predicted molar refractivity (Wildman–Crippen MR) is 235 cm³/mol. The van der Waals surface area contributed by atoms with E-state index in [2.05, 4.69) is 50.6 Å². The lowest BCUT2D eigenvalue weighted by molar-refractivity contribution is -0.440. The number of amides is 1. The Bertz CT molecular complexity index is 2600. The zero-order chi connectivity index (χ0) is 42.7. The molecule has 0 aliphatic heterocycles. The number of nitrogens with zero attached hydrogens (tertiary/aromatic N) is 2. The van der Waals surface area contributed by atoms with Crippen molar-refractivity contribution in [2.45, 2.75) is 80.1 Å². The fourth-order valence-corrected chi connectivity index (χ4v) is 9.20. The van der Waals surface area contributed by atoms with E-state index in [0.29, 0.717) is 28.1 Å². The van der Waals surface area contributed by atoms with E-state index >= 15 is 0 Å². The van der Waals surface area contributed by atoms with Crippen molar-refractivity contribution in [2.24, 2.45) is 0 Å². The third kappa shape index (κ3) is 9.75. The van der Waals surface area contributed by atoms with E-state index in [0.717, 1.165) is 46.6 Å². The van der Waals surface area contributed by atoms with E-state index in [4.69, 9.17) is 0 Å². The van der Waals surface area contributed by atoms with Gasteiger partial charge in [0.1, 0.15) is 11.4 Å². The highest BCUT2D eigenvalue weighted by Gasteiger charge is 2.26. The van der Waals surface area contributed by atoms with E-state index in [1.165, 1.54) is 40.9 Å². The van der Waals surface area contributed by atoms with Crippen LogP contribution < -0.4 is 10.2 Å². The summed E-state index contributed by atoms with van der Waals surface area (Å²) in [5, 5.41) is 2.93. The summed E-state index contributed by atoms with van der Waals surface area (Å²) in [5.74, 6) is -0.666. The molecular weight excluding hydrogens is 771 g/mol. The van der Waals surface area contributed by atoms with Crippen LogP contribution in [0.15, 0.2) is 95.4 Å². The smallest absolute Gasteiger partial charge is 0.295 e. The maximum atomic E-state index is 12.8. The minimum atomic E-state index is -4.62. The van der Waals surface area contributed by atoms with Gasteiger partial charge < -0.3 is 10.2 Å². The first-order chi connectivity index (χ1) is 27.2. The molecule has 3 N–H and O–H groups in total. The zero-order valence-corrected chi connectivity index (χ0v) is 36.4. The Morgan fingerprint density at radius 3 is 1.97 bits per heavy atom. The van der Waals surface area contributed by atoms with E-state index < -0.39 is 26.0 Å². The third-order valence-corrected chi connectivity index (χ3v) is 12.4. The van der Waals surface area contributed by atoms with Gasteiger partial charge in [0.25, 0.3) is 20.2 Å². The number of nitrogens with one attached hydrogen (secondary N) is 1. The quantitative estimate of drug-likeness (QED) is 0.0894. The summed E-state index contributed by atoms with van der Waals surface area (Å²) >= 11 is 0. The Morgan fingerprint density at radius 1 is 0.759 bits per heavy atom. The Morgan fingerprint density at radius 2 is 1.38 bits per heavy atom. The Labute approximate surface area is 343 Å². The molecule has 0 spiro atoms. The van der Waals surface area contributed by atoms with Crippen LogP contribution in [0.4, 0.5) is 22.7 Å². The second-order valence-corrected chi connectivity index (χ2v) is 18.0. The topological polar surface area (TPSA) is 144 Å². The second kappa shape index (κ2) is 17.8. The van der Waals surface area contributed by atoms with Gasteiger partial charge in [0.15, 0.2) is 0 Å². The average molecular weight is 825 g/mol. The van der Waals surface area contributed by atoms with Crippen LogP contribution in [0, 0.1) is 48.5 Å². The van der Waals surface area contributed by atoms with Crippen molar-refractivity contribution < 1.29 is 35.3 Å². The molecule has 10 nitrogen and oxygen atoms in total. The number of aryl methyl sites for hydroxylation is 4. The first-order valence-electron chi connectivity index (χ1n) is 19.3. The van der Waals surface area contributed by atoms with E-state index in [1.54, 1.807) is 18.2 Å². The van der Waals surface area contributed by atoms with Crippen molar-refractivity contribution in [2.75, 3.05) is 29.1 Å². The van der Waals surface area contributed by atoms with Gasteiger partial charge in [-0.05, 0) is 136 Å². The van der Waals surface area contributed by atoms with Crippen LogP contribution in [0.2, 0.25) is 0 Å². The summed E-state index contributed by atoms with van der Waals surface area (Å²) < 4.78 is 71.4. The lowest BCUT2D eigenvalue weighted by Crippen LogP contribution is -2.23. The molecule has 12 heteroatoms. The van der Waals surface area contributed by atoms with Crippen molar-refractivity contribution in [1.82, 2.24) is 0 Å². The summed E-state index contributed by atoms with van der Waals surface area (Å²) in [6.45, 7) is 18.9. The molecule has 1 aliphatic carbocycles. The van der Waals surface area contributed by atoms with Crippen molar-refractivity contribution in [3.63, 3.8) is 0 Å². The summed E-state index contributed by atoms with van der Waals surface area (Å²) in [4.78, 5) is 13.9. The molecule has 0 fully saturated rings.